The summed E-state index contributed by atoms with van der Waals surface area (Å²) in [6.45, 7) is 10.1. The maximum atomic E-state index is 13.2. The van der Waals surface area contributed by atoms with Crippen LogP contribution in [0.2, 0.25) is 0 Å². The molecule has 0 unspecified atom stereocenters. The Balaban J connectivity index is 1.47. The lowest BCUT2D eigenvalue weighted by molar-refractivity contribution is -0.137. The summed E-state index contributed by atoms with van der Waals surface area (Å²) in [5.74, 6) is 1.51. The maximum absolute atomic E-state index is 13.2. The van der Waals surface area contributed by atoms with Crippen LogP contribution in [0.1, 0.15) is 47.0 Å². The molecule has 0 aliphatic carbocycles. The molecule has 35 heavy (non-hydrogen) atoms. The van der Waals surface area contributed by atoms with Gasteiger partial charge in [-0.2, -0.15) is 18.3 Å². The Hall–Kier alpha value is -3.69. The lowest BCUT2D eigenvalue weighted by Crippen LogP contribution is -2.34. The van der Waals surface area contributed by atoms with Crippen molar-refractivity contribution in [3.05, 3.63) is 70.6 Å². The summed E-state index contributed by atoms with van der Waals surface area (Å²) in [5, 5.41) is 12.6. The fourth-order valence-corrected chi connectivity index (χ4v) is 4.66. The van der Waals surface area contributed by atoms with Crippen LogP contribution in [0.25, 0.3) is 10.9 Å². The van der Waals surface area contributed by atoms with Crippen molar-refractivity contribution in [1.29, 1.82) is 0 Å². The van der Waals surface area contributed by atoms with Gasteiger partial charge in [0, 0.05) is 18.5 Å². The highest BCUT2D eigenvalue weighted by molar-refractivity contribution is 5.92. The van der Waals surface area contributed by atoms with Gasteiger partial charge in [-0.3, -0.25) is 4.98 Å². The highest BCUT2D eigenvalue weighted by atomic mass is 19.4. The van der Waals surface area contributed by atoms with E-state index in [2.05, 4.69) is 34.9 Å². The molecule has 1 aliphatic rings. The van der Waals surface area contributed by atoms with Crippen LogP contribution in [0.4, 0.5) is 24.7 Å². The molecule has 0 spiro atoms. The van der Waals surface area contributed by atoms with Gasteiger partial charge in [-0.15, -0.1) is 5.10 Å². The first-order valence-electron chi connectivity index (χ1n) is 11.5. The zero-order chi connectivity index (χ0) is 24.9. The zero-order valence-corrected chi connectivity index (χ0v) is 20.0. The summed E-state index contributed by atoms with van der Waals surface area (Å²) in [6.07, 6.45) is -2.56. The normalized spacial score (nSPS) is 14.8. The molecule has 1 atom stereocenters. The molecule has 0 amide bonds. The predicted molar refractivity (Wildman–Crippen MR) is 128 cm³/mol. The van der Waals surface area contributed by atoms with Gasteiger partial charge in [-0.25, -0.2) is 4.98 Å². The van der Waals surface area contributed by atoms with Crippen LogP contribution in [0.3, 0.4) is 0 Å². The van der Waals surface area contributed by atoms with E-state index in [9.17, 15) is 13.2 Å². The number of aryl methyl sites for hydroxylation is 3. The van der Waals surface area contributed by atoms with Gasteiger partial charge in [0.1, 0.15) is 5.82 Å². The molecule has 4 aromatic rings. The molecular weight excluding hydrogens is 455 g/mol. The topological polar surface area (TPSA) is 71.8 Å². The summed E-state index contributed by atoms with van der Waals surface area (Å²) in [6, 6.07) is 6.92. The third-order valence-electron chi connectivity index (χ3n) is 6.60. The summed E-state index contributed by atoms with van der Waals surface area (Å²) < 4.78 is 41.8. The number of hydrogen-bond acceptors (Lipinski definition) is 6. The van der Waals surface area contributed by atoms with Gasteiger partial charge >= 0.3 is 6.18 Å². The zero-order valence-electron chi connectivity index (χ0n) is 20.0. The third kappa shape index (κ3) is 4.28. The number of pyridine rings is 1. The second kappa shape index (κ2) is 8.51. The number of fused-ring (bicyclic) bond motifs is 2. The van der Waals surface area contributed by atoms with Crippen molar-refractivity contribution in [1.82, 2.24) is 24.7 Å². The van der Waals surface area contributed by atoms with Crippen LogP contribution in [0.15, 0.2) is 36.5 Å². The molecule has 1 aliphatic heterocycles. The highest BCUT2D eigenvalue weighted by Crippen LogP contribution is 2.33. The van der Waals surface area contributed by atoms with Gasteiger partial charge in [0.25, 0.3) is 0 Å². The first-order chi connectivity index (χ1) is 16.6. The van der Waals surface area contributed by atoms with Gasteiger partial charge in [-0.1, -0.05) is 12.1 Å². The SMILES string of the molecule is Cc1nc(C)n2c1CN(c1cnc3c(C)nnc(N[C@H](C)c4cccc(C(F)(F)F)c4)c3c1)CC2. The summed E-state index contributed by atoms with van der Waals surface area (Å²) in [4.78, 5) is 11.5. The molecule has 0 radical (unpaired) electrons. The molecular formula is C25H26F3N7. The lowest BCUT2D eigenvalue weighted by Gasteiger charge is -2.31. The van der Waals surface area contributed by atoms with Crippen molar-refractivity contribution in [2.24, 2.45) is 0 Å². The molecule has 182 valence electrons. The third-order valence-corrected chi connectivity index (χ3v) is 6.60. The number of nitrogens with one attached hydrogen (secondary N) is 1. The standard InChI is InChI=1S/C25H26F3N7/c1-14(18-6-5-7-19(10-18)25(26,27)28)31-24-21-11-20(12-29-23(21)16(3)32-33-24)34-8-9-35-17(4)30-15(2)22(35)13-34/h5-7,10-12,14H,8-9,13H2,1-4H3,(H,31,33)/t14-/m1/s1. The van der Waals surface area contributed by atoms with E-state index in [4.69, 9.17) is 0 Å². The van der Waals surface area contributed by atoms with Crippen LogP contribution in [-0.2, 0) is 19.3 Å². The van der Waals surface area contributed by atoms with Gasteiger partial charge in [0.05, 0.1) is 52.6 Å². The van der Waals surface area contributed by atoms with Crippen molar-refractivity contribution < 1.29 is 13.2 Å². The number of benzene rings is 1. The van der Waals surface area contributed by atoms with E-state index in [-0.39, 0.29) is 0 Å². The minimum Gasteiger partial charge on any atom is -0.363 e. The number of nitrogens with zero attached hydrogens (tertiary/aromatic N) is 6. The Labute approximate surface area is 201 Å². The highest BCUT2D eigenvalue weighted by Gasteiger charge is 2.31. The smallest absolute Gasteiger partial charge is 0.363 e. The Bertz CT molecular complexity index is 1410. The molecule has 4 heterocycles. The first-order valence-corrected chi connectivity index (χ1v) is 11.5. The van der Waals surface area contributed by atoms with Crippen LogP contribution < -0.4 is 10.2 Å². The molecule has 1 N–H and O–H groups in total. The predicted octanol–water partition coefficient (Wildman–Crippen LogP) is 5.36. The molecule has 1 aromatic carbocycles. The number of imidazole rings is 1. The summed E-state index contributed by atoms with van der Waals surface area (Å²) >= 11 is 0. The van der Waals surface area contributed by atoms with E-state index >= 15 is 0 Å². The fraction of sp³-hybridized carbons (Fsp3) is 0.360. The van der Waals surface area contributed by atoms with E-state index in [1.807, 2.05) is 33.0 Å². The van der Waals surface area contributed by atoms with Crippen molar-refractivity contribution in [3.63, 3.8) is 0 Å². The maximum Gasteiger partial charge on any atom is 0.416 e. The monoisotopic (exact) mass is 481 g/mol. The van der Waals surface area contributed by atoms with Gasteiger partial charge in [-0.05, 0) is 51.5 Å². The number of alkyl halides is 3. The number of halogens is 3. The van der Waals surface area contributed by atoms with Crippen molar-refractivity contribution in [2.75, 3.05) is 16.8 Å². The molecule has 5 rings (SSSR count). The van der Waals surface area contributed by atoms with Gasteiger partial charge < -0.3 is 14.8 Å². The van der Waals surface area contributed by atoms with Crippen molar-refractivity contribution >= 4 is 22.4 Å². The van der Waals surface area contributed by atoms with E-state index in [1.165, 1.54) is 11.8 Å². The van der Waals surface area contributed by atoms with E-state index in [0.717, 1.165) is 54.4 Å². The minimum absolute atomic E-state index is 0.420. The second-order valence-electron chi connectivity index (χ2n) is 8.98. The molecule has 0 fully saturated rings. The molecule has 0 bridgehead atoms. The van der Waals surface area contributed by atoms with Gasteiger partial charge in [0.2, 0.25) is 0 Å². The second-order valence-corrected chi connectivity index (χ2v) is 8.98. The van der Waals surface area contributed by atoms with E-state index in [0.29, 0.717) is 22.6 Å². The first kappa shape index (κ1) is 23.1. The van der Waals surface area contributed by atoms with E-state index in [1.54, 1.807) is 13.0 Å². The van der Waals surface area contributed by atoms with Crippen LogP contribution in [0.5, 0.6) is 0 Å². The quantitative estimate of drug-likeness (QED) is 0.423. The van der Waals surface area contributed by atoms with Gasteiger partial charge in [0.15, 0.2) is 5.82 Å². The molecule has 10 heteroatoms. The number of aromatic nitrogens is 5. The Morgan fingerprint density at radius 2 is 1.83 bits per heavy atom. The Morgan fingerprint density at radius 3 is 2.60 bits per heavy atom. The number of hydrogen-bond donors (Lipinski definition) is 1. The van der Waals surface area contributed by atoms with Crippen LogP contribution in [0, 0.1) is 20.8 Å². The summed E-state index contributed by atoms with van der Waals surface area (Å²) in [7, 11) is 0. The molecule has 7 nitrogen and oxygen atoms in total. The largest absolute Gasteiger partial charge is 0.416 e. The fourth-order valence-electron chi connectivity index (χ4n) is 4.66. The number of rotatable bonds is 4. The Morgan fingerprint density at radius 1 is 1.03 bits per heavy atom. The van der Waals surface area contributed by atoms with Crippen LogP contribution >= 0.6 is 0 Å². The van der Waals surface area contributed by atoms with Crippen molar-refractivity contribution in [2.45, 2.75) is 53.0 Å². The van der Waals surface area contributed by atoms with Crippen molar-refractivity contribution in [3.8, 4) is 0 Å². The minimum atomic E-state index is -4.40. The van der Waals surface area contributed by atoms with Crippen LogP contribution in [-0.4, -0.2) is 31.3 Å². The summed E-state index contributed by atoms with van der Waals surface area (Å²) in [5.41, 5.74) is 4.39. The molecule has 0 saturated heterocycles. The average molecular weight is 482 g/mol. The number of anilines is 2. The molecule has 0 saturated carbocycles. The lowest BCUT2D eigenvalue weighted by atomic mass is 10.0. The molecule has 3 aromatic heterocycles. The average Bonchev–Trinajstić information content (AvgIpc) is 3.13. The van der Waals surface area contributed by atoms with E-state index < -0.39 is 17.8 Å². The Kier molecular flexibility index (Phi) is 5.61.